The Morgan fingerprint density at radius 2 is 2.00 bits per heavy atom. The fourth-order valence-electron chi connectivity index (χ4n) is 2.45. The van der Waals surface area contributed by atoms with Gasteiger partial charge >= 0.3 is 0 Å². The monoisotopic (exact) mass is 282 g/mol. The first kappa shape index (κ1) is 13.7. The van der Waals surface area contributed by atoms with E-state index in [1.165, 1.54) is 0 Å². The summed E-state index contributed by atoms with van der Waals surface area (Å²) >= 11 is 0. The molecule has 108 valence electrons. The Bertz CT molecular complexity index is 749. The van der Waals surface area contributed by atoms with E-state index in [1.807, 2.05) is 35.9 Å². The molecule has 0 bridgehead atoms. The second-order valence-corrected chi connectivity index (χ2v) is 5.08. The number of aliphatic hydroxyl groups is 1. The summed E-state index contributed by atoms with van der Waals surface area (Å²) in [7, 11) is 0. The number of aromatic nitrogens is 4. The molecule has 0 aliphatic rings. The molecule has 0 fully saturated rings. The van der Waals surface area contributed by atoms with Crippen LogP contribution in [0.5, 0.6) is 0 Å². The third-order valence-electron chi connectivity index (χ3n) is 3.56. The van der Waals surface area contributed by atoms with Gasteiger partial charge in [-0.2, -0.15) is 5.10 Å². The maximum atomic E-state index is 10.4. The van der Waals surface area contributed by atoms with Crippen LogP contribution >= 0.6 is 0 Å². The minimum absolute atomic E-state index is 0.436. The molecule has 2 aromatic heterocycles. The smallest absolute Gasteiger partial charge is 0.103 e. The molecule has 1 aromatic carbocycles. The summed E-state index contributed by atoms with van der Waals surface area (Å²) in [4.78, 5) is 8.41. The highest BCUT2D eigenvalue weighted by atomic mass is 16.3. The van der Waals surface area contributed by atoms with Gasteiger partial charge in [0.2, 0.25) is 0 Å². The van der Waals surface area contributed by atoms with Crippen LogP contribution in [0.25, 0.3) is 10.9 Å². The predicted octanol–water partition coefficient (Wildman–Crippen LogP) is 2.43. The fraction of sp³-hybridized carbons (Fsp3) is 0.312. The minimum Gasteiger partial charge on any atom is -0.386 e. The number of aliphatic hydroxyl groups excluding tert-OH is 1. The first-order valence-corrected chi connectivity index (χ1v) is 7.10. The quantitative estimate of drug-likeness (QED) is 0.798. The van der Waals surface area contributed by atoms with Crippen LogP contribution in [0.4, 0.5) is 0 Å². The van der Waals surface area contributed by atoms with Gasteiger partial charge in [-0.05, 0) is 19.9 Å². The SMILES string of the molecule is CCn1nc(CC(O)c2cnc(C)cn2)c2ccccc21. The summed E-state index contributed by atoms with van der Waals surface area (Å²) in [5.41, 5.74) is 3.40. The Hall–Kier alpha value is -2.27. The van der Waals surface area contributed by atoms with Crippen molar-refractivity contribution in [1.82, 2.24) is 19.7 Å². The minimum atomic E-state index is -0.693. The second kappa shape index (κ2) is 5.61. The molecule has 21 heavy (non-hydrogen) atoms. The second-order valence-electron chi connectivity index (χ2n) is 5.08. The molecule has 0 saturated carbocycles. The maximum absolute atomic E-state index is 10.4. The highest BCUT2D eigenvalue weighted by molar-refractivity contribution is 5.82. The first-order valence-electron chi connectivity index (χ1n) is 7.10. The van der Waals surface area contributed by atoms with Crippen molar-refractivity contribution in [3.05, 3.63) is 53.7 Å². The average Bonchev–Trinajstić information content (AvgIpc) is 2.86. The Morgan fingerprint density at radius 3 is 2.71 bits per heavy atom. The third-order valence-corrected chi connectivity index (χ3v) is 3.56. The maximum Gasteiger partial charge on any atom is 0.103 e. The normalized spacial score (nSPS) is 12.7. The van der Waals surface area contributed by atoms with E-state index in [4.69, 9.17) is 0 Å². The van der Waals surface area contributed by atoms with E-state index in [-0.39, 0.29) is 0 Å². The van der Waals surface area contributed by atoms with Gasteiger partial charge in [-0.15, -0.1) is 0 Å². The summed E-state index contributed by atoms with van der Waals surface area (Å²) in [5, 5.41) is 16.0. The van der Waals surface area contributed by atoms with Crippen molar-refractivity contribution in [2.45, 2.75) is 32.9 Å². The molecule has 1 unspecified atom stereocenters. The van der Waals surface area contributed by atoms with Crippen LogP contribution in [0.2, 0.25) is 0 Å². The molecule has 0 aliphatic heterocycles. The van der Waals surface area contributed by atoms with Crippen LogP contribution < -0.4 is 0 Å². The highest BCUT2D eigenvalue weighted by Crippen LogP contribution is 2.23. The summed E-state index contributed by atoms with van der Waals surface area (Å²) < 4.78 is 1.96. The molecule has 3 rings (SSSR count). The molecule has 1 N–H and O–H groups in total. The topological polar surface area (TPSA) is 63.8 Å². The Labute approximate surface area is 123 Å². The Morgan fingerprint density at radius 1 is 1.19 bits per heavy atom. The molecule has 5 heteroatoms. The molecule has 1 atom stereocenters. The summed E-state index contributed by atoms with van der Waals surface area (Å²) in [6, 6.07) is 8.08. The van der Waals surface area contributed by atoms with Crippen LogP contribution in [0.1, 0.15) is 30.1 Å². The molecule has 2 heterocycles. The zero-order chi connectivity index (χ0) is 14.8. The van der Waals surface area contributed by atoms with Crippen molar-refractivity contribution in [2.24, 2.45) is 0 Å². The number of para-hydroxylation sites is 1. The van der Waals surface area contributed by atoms with Crippen molar-refractivity contribution >= 4 is 10.9 Å². The van der Waals surface area contributed by atoms with Gasteiger partial charge in [0, 0.05) is 24.5 Å². The molecule has 0 saturated heterocycles. The summed E-state index contributed by atoms with van der Waals surface area (Å²) in [5.74, 6) is 0. The van der Waals surface area contributed by atoms with Crippen molar-refractivity contribution < 1.29 is 5.11 Å². The van der Waals surface area contributed by atoms with Crippen molar-refractivity contribution in [2.75, 3.05) is 0 Å². The van der Waals surface area contributed by atoms with Gasteiger partial charge < -0.3 is 5.11 Å². The van der Waals surface area contributed by atoms with Gasteiger partial charge in [-0.25, -0.2) is 0 Å². The van der Waals surface area contributed by atoms with E-state index in [0.29, 0.717) is 12.1 Å². The largest absolute Gasteiger partial charge is 0.386 e. The van der Waals surface area contributed by atoms with Gasteiger partial charge in [-0.1, -0.05) is 18.2 Å². The lowest BCUT2D eigenvalue weighted by Gasteiger charge is -2.08. The van der Waals surface area contributed by atoms with E-state index < -0.39 is 6.10 Å². The van der Waals surface area contributed by atoms with E-state index in [0.717, 1.165) is 28.8 Å². The van der Waals surface area contributed by atoms with Crippen LogP contribution in [0, 0.1) is 6.92 Å². The summed E-state index contributed by atoms with van der Waals surface area (Å²) in [6.07, 6.45) is 3.03. The number of nitrogens with zero attached hydrogens (tertiary/aromatic N) is 4. The molecule has 3 aromatic rings. The Kier molecular flexibility index (Phi) is 3.66. The molecular formula is C16H18N4O. The van der Waals surface area contributed by atoms with Crippen molar-refractivity contribution in [1.29, 1.82) is 0 Å². The molecule has 5 nitrogen and oxygen atoms in total. The number of rotatable bonds is 4. The number of benzene rings is 1. The van der Waals surface area contributed by atoms with Crippen LogP contribution in [-0.4, -0.2) is 24.9 Å². The number of hydrogen-bond acceptors (Lipinski definition) is 4. The first-order chi connectivity index (χ1) is 10.2. The molecule has 0 spiro atoms. The average molecular weight is 282 g/mol. The molecule has 0 radical (unpaired) electrons. The van der Waals surface area contributed by atoms with Gasteiger partial charge in [0.25, 0.3) is 0 Å². The van der Waals surface area contributed by atoms with Crippen molar-refractivity contribution in [3.63, 3.8) is 0 Å². The van der Waals surface area contributed by atoms with Crippen LogP contribution in [-0.2, 0) is 13.0 Å². The lowest BCUT2D eigenvalue weighted by Crippen LogP contribution is -2.06. The highest BCUT2D eigenvalue weighted by Gasteiger charge is 2.16. The standard InChI is InChI=1S/C16H18N4O/c1-3-20-15-7-5-4-6-12(15)13(19-20)8-16(21)14-10-17-11(2)9-18-14/h4-7,9-10,16,21H,3,8H2,1-2H3. The number of fused-ring (bicyclic) bond motifs is 1. The van der Waals surface area contributed by atoms with Crippen molar-refractivity contribution in [3.8, 4) is 0 Å². The molecular weight excluding hydrogens is 264 g/mol. The molecule has 0 amide bonds. The van der Waals surface area contributed by atoms with Crippen LogP contribution in [0.3, 0.4) is 0 Å². The van der Waals surface area contributed by atoms with Gasteiger partial charge in [0.1, 0.15) is 6.10 Å². The van der Waals surface area contributed by atoms with E-state index in [9.17, 15) is 5.11 Å². The lowest BCUT2D eigenvalue weighted by atomic mass is 10.1. The van der Waals surface area contributed by atoms with Gasteiger partial charge in [0.15, 0.2) is 0 Å². The van der Waals surface area contributed by atoms with E-state index in [1.54, 1.807) is 12.4 Å². The van der Waals surface area contributed by atoms with Gasteiger partial charge in [-0.3, -0.25) is 14.6 Å². The predicted molar refractivity (Wildman–Crippen MR) is 80.8 cm³/mol. The van der Waals surface area contributed by atoms with E-state index >= 15 is 0 Å². The zero-order valence-corrected chi connectivity index (χ0v) is 12.2. The van der Waals surface area contributed by atoms with Gasteiger partial charge in [0.05, 0.1) is 28.8 Å². The van der Waals surface area contributed by atoms with E-state index in [2.05, 4.69) is 22.0 Å². The van der Waals surface area contributed by atoms with Crippen LogP contribution in [0.15, 0.2) is 36.7 Å². The summed E-state index contributed by atoms with van der Waals surface area (Å²) in [6.45, 7) is 4.74. The lowest BCUT2D eigenvalue weighted by molar-refractivity contribution is 0.172. The third kappa shape index (κ3) is 2.64. The zero-order valence-electron chi connectivity index (χ0n) is 12.2. The molecule has 0 aliphatic carbocycles. The number of hydrogen-bond donors (Lipinski definition) is 1. The fourth-order valence-corrected chi connectivity index (χ4v) is 2.45. The number of aryl methyl sites for hydroxylation is 2. The Balaban J connectivity index is 1.92.